The number of halogens is 1. The van der Waals surface area contributed by atoms with E-state index in [9.17, 15) is 18.0 Å². The smallest absolute Gasteiger partial charge is 0.264 e. The van der Waals surface area contributed by atoms with Crippen LogP contribution in [0, 0.1) is 6.92 Å². The lowest BCUT2D eigenvalue weighted by Crippen LogP contribution is -2.53. The second kappa shape index (κ2) is 14.1. The molecule has 0 aliphatic heterocycles. The van der Waals surface area contributed by atoms with Gasteiger partial charge in [-0.3, -0.25) is 13.9 Å². The second-order valence-corrected chi connectivity index (χ2v) is 12.9. The fraction of sp³-hybridized carbons (Fsp3) is 0.375. The number of anilines is 1. The molecular weight excluding hydrogens is 574 g/mol. The van der Waals surface area contributed by atoms with Crippen molar-refractivity contribution in [3.8, 4) is 5.75 Å². The van der Waals surface area contributed by atoms with Gasteiger partial charge < -0.3 is 15.0 Å². The van der Waals surface area contributed by atoms with Crippen LogP contribution >= 0.6 is 11.6 Å². The van der Waals surface area contributed by atoms with E-state index in [1.54, 1.807) is 49.6 Å². The van der Waals surface area contributed by atoms with Crippen molar-refractivity contribution in [2.75, 3.05) is 18.0 Å². The molecule has 0 heterocycles. The lowest BCUT2D eigenvalue weighted by atomic mass is 10.1. The molecule has 1 fully saturated rings. The molecule has 4 rings (SSSR count). The molecule has 0 spiro atoms. The summed E-state index contributed by atoms with van der Waals surface area (Å²) in [5.74, 6) is -0.0733. The summed E-state index contributed by atoms with van der Waals surface area (Å²) in [5, 5.41) is 3.46. The zero-order valence-corrected chi connectivity index (χ0v) is 25.8. The van der Waals surface area contributed by atoms with Crippen LogP contribution in [0.1, 0.15) is 50.2 Å². The van der Waals surface area contributed by atoms with Gasteiger partial charge in [0.2, 0.25) is 11.8 Å². The summed E-state index contributed by atoms with van der Waals surface area (Å²) >= 11 is 6.25. The average Bonchev–Trinajstić information content (AvgIpc) is 3.49. The molecule has 1 saturated carbocycles. The number of carbonyl (C=O) groups is 2. The molecule has 8 nitrogen and oxygen atoms in total. The monoisotopic (exact) mass is 611 g/mol. The minimum absolute atomic E-state index is 0.0496. The molecule has 2 amide bonds. The van der Waals surface area contributed by atoms with E-state index in [1.807, 2.05) is 26.0 Å². The standard InChI is InChI=1S/C32H38ClN3O5S/c1-4-30(32(38)34-26-9-5-6-10-26)35(21-24-14-16-28(41-3)17-15-24)31(37)22-36(27-11-7-8-25(33)20-27)42(39,40)29-18-12-23(2)13-19-29/h7-8,11-20,26,30H,4-6,9-10,21-22H2,1-3H3,(H,34,38)/t30-/m0/s1. The number of rotatable bonds is 12. The van der Waals surface area contributed by atoms with Crippen molar-refractivity contribution in [2.24, 2.45) is 0 Å². The van der Waals surface area contributed by atoms with E-state index in [0.717, 1.165) is 41.1 Å². The van der Waals surface area contributed by atoms with Crippen molar-refractivity contribution in [3.05, 3.63) is 88.9 Å². The zero-order valence-electron chi connectivity index (χ0n) is 24.3. The van der Waals surface area contributed by atoms with Crippen molar-refractivity contribution in [1.29, 1.82) is 0 Å². The molecule has 3 aromatic rings. The van der Waals surface area contributed by atoms with Crippen molar-refractivity contribution in [3.63, 3.8) is 0 Å². The molecule has 1 atom stereocenters. The first kappa shape index (κ1) is 31.4. The Morgan fingerprint density at radius 3 is 2.29 bits per heavy atom. The molecule has 224 valence electrons. The van der Waals surface area contributed by atoms with Crippen LogP contribution in [0.3, 0.4) is 0 Å². The predicted molar refractivity (Wildman–Crippen MR) is 165 cm³/mol. The van der Waals surface area contributed by atoms with Gasteiger partial charge in [0.15, 0.2) is 0 Å². The maximum absolute atomic E-state index is 14.2. The van der Waals surface area contributed by atoms with Crippen LogP contribution < -0.4 is 14.4 Å². The average molecular weight is 612 g/mol. The Labute approximate surface area is 253 Å². The number of nitrogens with one attached hydrogen (secondary N) is 1. The number of nitrogens with zero attached hydrogens (tertiary/aromatic N) is 2. The normalized spacial score (nSPS) is 14.3. The van der Waals surface area contributed by atoms with Crippen LogP contribution in [0.2, 0.25) is 5.02 Å². The molecule has 0 unspecified atom stereocenters. The number of methoxy groups -OCH3 is 1. The van der Waals surface area contributed by atoms with E-state index in [4.69, 9.17) is 16.3 Å². The quantitative estimate of drug-likeness (QED) is 0.283. The molecule has 42 heavy (non-hydrogen) atoms. The van der Waals surface area contributed by atoms with Gasteiger partial charge >= 0.3 is 0 Å². The number of aryl methyl sites for hydroxylation is 1. The Kier molecular flexibility index (Phi) is 10.5. The van der Waals surface area contributed by atoms with Crippen LogP contribution in [-0.4, -0.2) is 50.9 Å². The van der Waals surface area contributed by atoms with Gasteiger partial charge in [-0.2, -0.15) is 0 Å². The second-order valence-electron chi connectivity index (χ2n) is 10.6. The molecule has 1 aliphatic rings. The van der Waals surface area contributed by atoms with Gasteiger partial charge in [-0.15, -0.1) is 0 Å². The summed E-state index contributed by atoms with van der Waals surface area (Å²) in [5.41, 5.74) is 1.94. The highest BCUT2D eigenvalue weighted by molar-refractivity contribution is 7.92. The van der Waals surface area contributed by atoms with Gasteiger partial charge in [0, 0.05) is 17.6 Å². The zero-order chi connectivity index (χ0) is 30.3. The molecule has 0 aromatic heterocycles. The van der Waals surface area contributed by atoms with Crippen molar-refractivity contribution in [2.45, 2.75) is 69.5 Å². The van der Waals surface area contributed by atoms with E-state index in [-0.39, 0.29) is 29.1 Å². The number of carbonyl (C=O) groups excluding carboxylic acids is 2. The number of hydrogen-bond donors (Lipinski definition) is 1. The predicted octanol–water partition coefficient (Wildman–Crippen LogP) is 5.72. The van der Waals surface area contributed by atoms with Crippen molar-refractivity contribution >= 4 is 39.1 Å². The number of amides is 2. The summed E-state index contributed by atoms with van der Waals surface area (Å²) in [6, 6.07) is 19.4. The summed E-state index contributed by atoms with van der Waals surface area (Å²) in [6.07, 6.45) is 4.30. The van der Waals surface area contributed by atoms with Crippen LogP contribution in [0.15, 0.2) is 77.7 Å². The highest BCUT2D eigenvalue weighted by Crippen LogP contribution is 2.27. The van der Waals surface area contributed by atoms with Gasteiger partial charge in [-0.25, -0.2) is 8.42 Å². The van der Waals surface area contributed by atoms with Crippen molar-refractivity contribution < 1.29 is 22.7 Å². The topological polar surface area (TPSA) is 96.0 Å². The largest absolute Gasteiger partial charge is 0.497 e. The van der Waals surface area contributed by atoms with E-state index in [2.05, 4.69) is 5.32 Å². The minimum Gasteiger partial charge on any atom is -0.497 e. The molecule has 1 N–H and O–H groups in total. The molecular formula is C32H38ClN3O5S. The molecule has 0 bridgehead atoms. The fourth-order valence-electron chi connectivity index (χ4n) is 5.21. The van der Waals surface area contributed by atoms with E-state index in [1.165, 1.54) is 23.1 Å². The summed E-state index contributed by atoms with van der Waals surface area (Å²) in [4.78, 5) is 29.3. The molecule has 3 aromatic carbocycles. The summed E-state index contributed by atoms with van der Waals surface area (Å²) in [6.45, 7) is 3.32. The van der Waals surface area contributed by atoms with Crippen LogP contribution in [0.25, 0.3) is 0 Å². The van der Waals surface area contributed by atoms with E-state index < -0.39 is 28.5 Å². The maximum Gasteiger partial charge on any atom is 0.264 e. The lowest BCUT2D eigenvalue weighted by Gasteiger charge is -2.33. The highest BCUT2D eigenvalue weighted by atomic mass is 35.5. The Balaban J connectivity index is 1.71. The molecule has 1 aliphatic carbocycles. The summed E-state index contributed by atoms with van der Waals surface area (Å²) in [7, 11) is -2.59. The Morgan fingerprint density at radius 1 is 1.02 bits per heavy atom. The third kappa shape index (κ3) is 7.63. The SMILES string of the molecule is CC[C@@H](C(=O)NC1CCCC1)N(Cc1ccc(OC)cc1)C(=O)CN(c1cccc(Cl)c1)S(=O)(=O)c1ccc(C)cc1. The molecule has 0 saturated heterocycles. The van der Waals surface area contributed by atoms with Gasteiger partial charge in [0.25, 0.3) is 10.0 Å². The van der Waals surface area contributed by atoms with E-state index in [0.29, 0.717) is 17.2 Å². The lowest BCUT2D eigenvalue weighted by molar-refractivity contribution is -0.140. The van der Waals surface area contributed by atoms with Crippen LogP contribution in [0.4, 0.5) is 5.69 Å². The third-order valence-corrected chi connectivity index (χ3v) is 9.61. The fourth-order valence-corrected chi connectivity index (χ4v) is 6.80. The first-order valence-corrected chi connectivity index (χ1v) is 16.0. The first-order chi connectivity index (χ1) is 20.1. The number of benzene rings is 3. The highest BCUT2D eigenvalue weighted by Gasteiger charge is 2.34. The van der Waals surface area contributed by atoms with Gasteiger partial charge in [-0.1, -0.05) is 67.3 Å². The number of sulfonamides is 1. The number of hydrogen-bond acceptors (Lipinski definition) is 5. The third-order valence-electron chi connectivity index (χ3n) is 7.58. The first-order valence-electron chi connectivity index (χ1n) is 14.2. The summed E-state index contributed by atoms with van der Waals surface area (Å²) < 4.78 is 34.3. The Morgan fingerprint density at radius 2 is 1.69 bits per heavy atom. The molecule has 10 heteroatoms. The van der Waals surface area contributed by atoms with Crippen LogP contribution in [-0.2, 0) is 26.2 Å². The van der Waals surface area contributed by atoms with Gasteiger partial charge in [0.1, 0.15) is 18.3 Å². The maximum atomic E-state index is 14.2. The molecule has 0 radical (unpaired) electrons. The number of ether oxygens (including phenoxy) is 1. The van der Waals surface area contributed by atoms with Crippen LogP contribution in [0.5, 0.6) is 5.75 Å². The Hall–Kier alpha value is -3.56. The van der Waals surface area contributed by atoms with Gasteiger partial charge in [0.05, 0.1) is 17.7 Å². The van der Waals surface area contributed by atoms with E-state index >= 15 is 0 Å². The van der Waals surface area contributed by atoms with Gasteiger partial charge in [-0.05, 0) is 74.2 Å². The Bertz CT molecular complexity index is 1470. The minimum atomic E-state index is -4.16. The van der Waals surface area contributed by atoms with Crippen molar-refractivity contribution in [1.82, 2.24) is 10.2 Å².